The number of nitrogens with zero attached hydrogens (tertiary/aromatic N) is 2. The molecule has 0 saturated carbocycles. The molecule has 2 aliphatic rings. The second-order valence-electron chi connectivity index (χ2n) is 5.86. The minimum Gasteiger partial charge on any atom is -0.487 e. The van der Waals surface area contributed by atoms with Crippen molar-refractivity contribution >= 4 is 17.5 Å². The van der Waals surface area contributed by atoms with Gasteiger partial charge in [0.25, 0.3) is 0 Å². The molecule has 1 amide bonds. The summed E-state index contributed by atoms with van der Waals surface area (Å²) in [5.41, 5.74) is 0. The first-order chi connectivity index (χ1) is 10.7. The first-order valence-corrected chi connectivity index (χ1v) is 8.24. The van der Waals surface area contributed by atoms with Crippen molar-refractivity contribution in [2.24, 2.45) is 5.92 Å². The van der Waals surface area contributed by atoms with E-state index >= 15 is 0 Å². The van der Waals surface area contributed by atoms with Gasteiger partial charge in [-0.25, -0.2) is 0 Å². The molecule has 0 aromatic carbocycles. The zero-order valence-electron chi connectivity index (χ0n) is 12.5. The van der Waals surface area contributed by atoms with Crippen LogP contribution in [0.2, 0.25) is 5.02 Å². The quantitative estimate of drug-likeness (QED) is 0.857. The van der Waals surface area contributed by atoms with Crippen molar-refractivity contribution in [3.8, 4) is 5.75 Å². The third-order valence-corrected chi connectivity index (χ3v) is 4.57. The van der Waals surface area contributed by atoms with Crippen molar-refractivity contribution < 1.29 is 14.3 Å². The number of carbonyl (C=O) groups excluding carboxylic acids is 1. The summed E-state index contributed by atoms with van der Waals surface area (Å²) in [6.07, 6.45) is 6.80. The van der Waals surface area contributed by atoms with Gasteiger partial charge in [0.2, 0.25) is 5.91 Å². The number of pyridine rings is 1. The molecule has 0 bridgehead atoms. The van der Waals surface area contributed by atoms with Crippen LogP contribution in [0.15, 0.2) is 18.5 Å². The van der Waals surface area contributed by atoms with E-state index in [1.54, 1.807) is 18.5 Å². The lowest BCUT2D eigenvalue weighted by atomic mass is 9.97. The van der Waals surface area contributed by atoms with Gasteiger partial charge in [-0.15, -0.1) is 0 Å². The van der Waals surface area contributed by atoms with E-state index in [0.29, 0.717) is 30.5 Å². The average Bonchev–Trinajstić information content (AvgIpc) is 2.57. The lowest BCUT2D eigenvalue weighted by molar-refractivity contribution is -0.141. The van der Waals surface area contributed by atoms with Gasteiger partial charge >= 0.3 is 0 Å². The van der Waals surface area contributed by atoms with E-state index in [4.69, 9.17) is 21.1 Å². The average molecular weight is 325 g/mol. The zero-order valence-corrected chi connectivity index (χ0v) is 13.3. The molecule has 1 atom stereocenters. The van der Waals surface area contributed by atoms with Gasteiger partial charge < -0.3 is 14.4 Å². The van der Waals surface area contributed by atoms with E-state index in [2.05, 4.69) is 4.98 Å². The molecule has 0 radical (unpaired) electrons. The van der Waals surface area contributed by atoms with Crippen LogP contribution in [0.5, 0.6) is 5.75 Å². The summed E-state index contributed by atoms with van der Waals surface area (Å²) in [4.78, 5) is 18.5. The summed E-state index contributed by atoms with van der Waals surface area (Å²) < 4.78 is 11.3. The van der Waals surface area contributed by atoms with Crippen LogP contribution in [0.1, 0.15) is 25.7 Å². The molecule has 22 heavy (non-hydrogen) atoms. The molecule has 0 aliphatic carbocycles. The molecule has 0 N–H and O–H groups in total. The summed E-state index contributed by atoms with van der Waals surface area (Å²) in [6, 6.07) is 1.77. The Kier molecular flexibility index (Phi) is 5.16. The van der Waals surface area contributed by atoms with Crippen LogP contribution in [-0.4, -0.2) is 48.2 Å². The molecule has 3 rings (SSSR count). The van der Waals surface area contributed by atoms with E-state index in [1.165, 1.54) is 0 Å². The highest BCUT2D eigenvalue weighted by Crippen LogP contribution is 2.26. The number of rotatable bonds is 3. The van der Waals surface area contributed by atoms with E-state index in [-0.39, 0.29) is 17.9 Å². The number of likely N-dealkylation sites (tertiary alicyclic amines) is 1. The topological polar surface area (TPSA) is 51.7 Å². The van der Waals surface area contributed by atoms with Crippen molar-refractivity contribution in [2.45, 2.75) is 31.8 Å². The van der Waals surface area contributed by atoms with Gasteiger partial charge in [-0.05, 0) is 25.7 Å². The normalized spacial score (nSPS) is 23.3. The van der Waals surface area contributed by atoms with Gasteiger partial charge in [0.1, 0.15) is 16.9 Å². The Labute approximate surface area is 135 Å². The molecule has 6 heteroatoms. The molecule has 1 aromatic rings. The van der Waals surface area contributed by atoms with Gasteiger partial charge in [0.05, 0.1) is 6.54 Å². The Hall–Kier alpha value is -1.33. The lowest BCUT2D eigenvalue weighted by Crippen LogP contribution is -2.47. The van der Waals surface area contributed by atoms with E-state index < -0.39 is 0 Å². The summed E-state index contributed by atoms with van der Waals surface area (Å²) >= 11 is 6.08. The van der Waals surface area contributed by atoms with Crippen LogP contribution >= 0.6 is 11.6 Å². The smallest absolute Gasteiger partial charge is 0.225 e. The van der Waals surface area contributed by atoms with Crippen molar-refractivity contribution in [1.29, 1.82) is 0 Å². The molecule has 0 spiro atoms. The van der Waals surface area contributed by atoms with Crippen molar-refractivity contribution in [3.63, 3.8) is 0 Å². The first-order valence-electron chi connectivity index (χ1n) is 7.87. The van der Waals surface area contributed by atoms with E-state index in [1.807, 2.05) is 4.90 Å². The zero-order chi connectivity index (χ0) is 15.4. The molecule has 1 aromatic heterocycles. The minimum absolute atomic E-state index is 0.00237. The Balaban J connectivity index is 1.59. The maximum Gasteiger partial charge on any atom is 0.225 e. The van der Waals surface area contributed by atoms with Crippen molar-refractivity contribution in [3.05, 3.63) is 23.5 Å². The molecule has 3 heterocycles. The highest BCUT2D eigenvalue weighted by molar-refractivity contribution is 6.31. The lowest BCUT2D eigenvalue weighted by Gasteiger charge is -2.36. The number of piperidine rings is 1. The molecule has 2 saturated heterocycles. The number of ether oxygens (including phenoxy) is 2. The van der Waals surface area contributed by atoms with Crippen molar-refractivity contribution in [2.75, 3.05) is 26.3 Å². The summed E-state index contributed by atoms with van der Waals surface area (Å²) in [5.74, 6) is 0.997. The highest BCUT2D eigenvalue weighted by atomic mass is 35.5. The van der Waals surface area contributed by atoms with Gasteiger partial charge in [0, 0.05) is 44.1 Å². The molecular formula is C16H21ClN2O3. The maximum absolute atomic E-state index is 12.6. The van der Waals surface area contributed by atoms with Crippen LogP contribution in [0.25, 0.3) is 0 Å². The fourth-order valence-corrected chi connectivity index (χ4v) is 3.24. The van der Waals surface area contributed by atoms with Crippen LogP contribution in [-0.2, 0) is 9.53 Å². The second kappa shape index (κ2) is 7.29. The van der Waals surface area contributed by atoms with Crippen LogP contribution < -0.4 is 4.74 Å². The Morgan fingerprint density at radius 3 is 2.95 bits per heavy atom. The molecule has 2 aliphatic heterocycles. The summed E-state index contributed by atoms with van der Waals surface area (Å²) in [5, 5.41) is 0.510. The number of carbonyl (C=O) groups is 1. The largest absolute Gasteiger partial charge is 0.487 e. The summed E-state index contributed by atoms with van der Waals surface area (Å²) in [6.45, 7) is 2.84. The number of hydrogen-bond acceptors (Lipinski definition) is 4. The number of amides is 1. The molecule has 5 nitrogen and oxygen atoms in total. The molecule has 2 fully saturated rings. The monoisotopic (exact) mass is 324 g/mol. The van der Waals surface area contributed by atoms with Gasteiger partial charge in [0.15, 0.2) is 0 Å². The minimum atomic E-state index is -0.00237. The third-order valence-electron chi connectivity index (χ3n) is 4.29. The summed E-state index contributed by atoms with van der Waals surface area (Å²) in [7, 11) is 0. The van der Waals surface area contributed by atoms with Gasteiger partial charge in [-0.2, -0.15) is 0 Å². The number of halogens is 1. The van der Waals surface area contributed by atoms with Crippen LogP contribution in [0.4, 0.5) is 0 Å². The molecule has 120 valence electrons. The highest BCUT2D eigenvalue weighted by Gasteiger charge is 2.30. The fourth-order valence-electron chi connectivity index (χ4n) is 3.07. The standard InChI is InChI=1S/C16H21ClN2O3/c17-14-10-18-6-3-15(14)22-13-2-1-7-19(11-13)16(20)12-4-8-21-9-5-12/h3,6,10,12-13H,1-2,4-5,7-9,11H2. The Morgan fingerprint density at radius 2 is 2.18 bits per heavy atom. The number of hydrogen-bond donors (Lipinski definition) is 0. The van der Waals surface area contributed by atoms with E-state index in [9.17, 15) is 4.79 Å². The Bertz CT molecular complexity index is 520. The van der Waals surface area contributed by atoms with Gasteiger partial charge in [-0.3, -0.25) is 9.78 Å². The van der Waals surface area contributed by atoms with Crippen molar-refractivity contribution in [1.82, 2.24) is 9.88 Å². The fraction of sp³-hybridized carbons (Fsp3) is 0.625. The molecule has 1 unspecified atom stereocenters. The Morgan fingerprint density at radius 1 is 1.36 bits per heavy atom. The second-order valence-corrected chi connectivity index (χ2v) is 6.27. The predicted molar refractivity (Wildman–Crippen MR) is 83.0 cm³/mol. The predicted octanol–water partition coefficient (Wildman–Crippen LogP) is 2.53. The van der Waals surface area contributed by atoms with Crippen LogP contribution in [0, 0.1) is 5.92 Å². The van der Waals surface area contributed by atoms with E-state index in [0.717, 1.165) is 32.2 Å². The maximum atomic E-state index is 12.6. The molecular weight excluding hydrogens is 304 g/mol. The number of aromatic nitrogens is 1. The SMILES string of the molecule is O=C(C1CCOCC1)N1CCCC(Oc2ccncc2Cl)C1. The van der Waals surface area contributed by atoms with Gasteiger partial charge in [-0.1, -0.05) is 11.6 Å². The first kappa shape index (κ1) is 15.6. The van der Waals surface area contributed by atoms with Crippen LogP contribution in [0.3, 0.4) is 0 Å². The third kappa shape index (κ3) is 3.70.